The number of aryl methyl sites for hydroxylation is 1. The average molecular weight is 266 g/mol. The van der Waals surface area contributed by atoms with Crippen LogP contribution in [0, 0.1) is 0 Å². The Balaban J connectivity index is 3.23. The van der Waals surface area contributed by atoms with Gasteiger partial charge in [0.25, 0.3) is 0 Å². The van der Waals surface area contributed by atoms with Gasteiger partial charge in [-0.25, -0.2) is 0 Å². The largest absolute Gasteiger partial charge is 0.496 e. The van der Waals surface area contributed by atoms with Crippen LogP contribution in [-0.2, 0) is 16.6 Å². The lowest BCUT2D eigenvalue weighted by molar-refractivity contribution is -0.136. The SMILES string of the molecule is COc1cc(C(C)(C)C)c(OC)cc1CCC(=O)O. The normalized spacial score (nSPS) is 11.2. The zero-order chi connectivity index (χ0) is 14.6. The quantitative estimate of drug-likeness (QED) is 0.890. The molecule has 0 unspecified atom stereocenters. The van der Waals surface area contributed by atoms with Crippen molar-refractivity contribution in [2.45, 2.75) is 39.0 Å². The van der Waals surface area contributed by atoms with Crippen molar-refractivity contribution in [2.24, 2.45) is 0 Å². The minimum absolute atomic E-state index is 0.0655. The molecule has 0 aliphatic rings. The van der Waals surface area contributed by atoms with Crippen LogP contribution in [-0.4, -0.2) is 25.3 Å². The summed E-state index contributed by atoms with van der Waals surface area (Å²) in [6.07, 6.45) is 0.508. The van der Waals surface area contributed by atoms with E-state index in [1.807, 2.05) is 12.1 Å². The highest BCUT2D eigenvalue weighted by Gasteiger charge is 2.21. The van der Waals surface area contributed by atoms with Gasteiger partial charge < -0.3 is 14.6 Å². The summed E-state index contributed by atoms with van der Waals surface area (Å²) in [7, 11) is 3.22. The Bertz CT molecular complexity index is 458. The Morgan fingerprint density at radius 2 is 1.74 bits per heavy atom. The third kappa shape index (κ3) is 3.88. The molecule has 0 heterocycles. The Hall–Kier alpha value is -1.71. The highest BCUT2D eigenvalue weighted by atomic mass is 16.5. The highest BCUT2D eigenvalue weighted by Crippen LogP contribution is 2.37. The van der Waals surface area contributed by atoms with Gasteiger partial charge in [-0.1, -0.05) is 20.8 Å². The Labute approximate surface area is 114 Å². The van der Waals surface area contributed by atoms with Crippen molar-refractivity contribution in [3.63, 3.8) is 0 Å². The molecule has 0 saturated carbocycles. The molecule has 1 rings (SSSR count). The van der Waals surface area contributed by atoms with Gasteiger partial charge in [-0.3, -0.25) is 4.79 Å². The van der Waals surface area contributed by atoms with Crippen molar-refractivity contribution in [3.8, 4) is 11.5 Å². The van der Waals surface area contributed by atoms with E-state index in [1.54, 1.807) is 14.2 Å². The number of rotatable bonds is 5. The second-order valence-corrected chi connectivity index (χ2v) is 5.51. The minimum Gasteiger partial charge on any atom is -0.496 e. The van der Waals surface area contributed by atoms with Crippen molar-refractivity contribution in [2.75, 3.05) is 14.2 Å². The molecule has 1 aromatic carbocycles. The zero-order valence-corrected chi connectivity index (χ0v) is 12.2. The van der Waals surface area contributed by atoms with Crippen molar-refractivity contribution in [3.05, 3.63) is 23.3 Å². The first kappa shape index (κ1) is 15.3. The molecule has 0 bridgehead atoms. The first-order valence-electron chi connectivity index (χ1n) is 6.26. The van der Waals surface area contributed by atoms with Crippen LogP contribution in [0.1, 0.15) is 38.3 Å². The number of aliphatic carboxylic acids is 1. The van der Waals surface area contributed by atoms with E-state index in [4.69, 9.17) is 14.6 Å². The number of methoxy groups -OCH3 is 2. The molecule has 4 heteroatoms. The minimum atomic E-state index is -0.819. The Morgan fingerprint density at radius 1 is 1.16 bits per heavy atom. The fourth-order valence-electron chi connectivity index (χ4n) is 1.98. The Kier molecular flexibility index (Phi) is 4.81. The van der Waals surface area contributed by atoms with Gasteiger partial charge in [0.15, 0.2) is 0 Å². The van der Waals surface area contributed by atoms with E-state index in [0.717, 1.165) is 16.9 Å². The molecule has 0 amide bonds. The molecular weight excluding hydrogens is 244 g/mol. The van der Waals surface area contributed by atoms with Crippen molar-refractivity contribution < 1.29 is 19.4 Å². The summed E-state index contributed by atoms with van der Waals surface area (Å²) in [5, 5.41) is 8.78. The highest BCUT2D eigenvalue weighted by molar-refractivity contribution is 5.67. The zero-order valence-electron chi connectivity index (χ0n) is 12.2. The first-order chi connectivity index (χ1) is 8.79. The maximum Gasteiger partial charge on any atom is 0.303 e. The van der Waals surface area contributed by atoms with Gasteiger partial charge in [0.2, 0.25) is 0 Å². The van der Waals surface area contributed by atoms with Crippen LogP contribution in [0.3, 0.4) is 0 Å². The molecule has 1 N–H and O–H groups in total. The maximum absolute atomic E-state index is 10.7. The lowest BCUT2D eigenvalue weighted by atomic mass is 9.85. The number of ether oxygens (including phenoxy) is 2. The van der Waals surface area contributed by atoms with Gasteiger partial charge in [0, 0.05) is 12.0 Å². The summed E-state index contributed by atoms with van der Waals surface area (Å²) < 4.78 is 10.8. The van der Waals surface area contributed by atoms with E-state index in [-0.39, 0.29) is 11.8 Å². The molecule has 1 aromatic rings. The van der Waals surface area contributed by atoms with Gasteiger partial charge >= 0.3 is 5.97 Å². The predicted molar refractivity (Wildman–Crippen MR) is 74.2 cm³/mol. The summed E-state index contributed by atoms with van der Waals surface area (Å²) in [4.78, 5) is 10.7. The van der Waals surface area contributed by atoms with Gasteiger partial charge in [-0.2, -0.15) is 0 Å². The van der Waals surface area contributed by atoms with Crippen molar-refractivity contribution >= 4 is 5.97 Å². The lowest BCUT2D eigenvalue weighted by Crippen LogP contribution is -2.14. The second kappa shape index (κ2) is 5.95. The molecule has 0 atom stereocenters. The number of carboxylic acid groups (broad SMARTS) is 1. The Morgan fingerprint density at radius 3 is 2.16 bits per heavy atom. The van der Waals surface area contributed by atoms with E-state index >= 15 is 0 Å². The van der Waals surface area contributed by atoms with Crippen LogP contribution in [0.25, 0.3) is 0 Å². The summed E-state index contributed by atoms with van der Waals surface area (Å²) in [5.41, 5.74) is 1.84. The van der Waals surface area contributed by atoms with Gasteiger partial charge in [-0.15, -0.1) is 0 Å². The van der Waals surface area contributed by atoms with Crippen LogP contribution < -0.4 is 9.47 Å². The molecule has 0 spiro atoms. The maximum atomic E-state index is 10.7. The van der Waals surface area contributed by atoms with Crippen LogP contribution in [0.5, 0.6) is 11.5 Å². The van der Waals surface area contributed by atoms with Crippen molar-refractivity contribution in [1.29, 1.82) is 0 Å². The average Bonchev–Trinajstić information content (AvgIpc) is 2.33. The summed E-state index contributed by atoms with van der Waals surface area (Å²) in [6, 6.07) is 3.82. The summed E-state index contributed by atoms with van der Waals surface area (Å²) in [6.45, 7) is 6.30. The number of benzene rings is 1. The van der Waals surface area contributed by atoms with Crippen molar-refractivity contribution in [1.82, 2.24) is 0 Å². The third-order valence-electron chi connectivity index (χ3n) is 3.02. The first-order valence-corrected chi connectivity index (χ1v) is 6.26. The molecule has 0 fully saturated rings. The monoisotopic (exact) mass is 266 g/mol. The lowest BCUT2D eigenvalue weighted by Gasteiger charge is -2.24. The number of hydrogen-bond acceptors (Lipinski definition) is 3. The van der Waals surface area contributed by atoms with Gasteiger partial charge in [-0.05, 0) is 29.5 Å². The fraction of sp³-hybridized carbons (Fsp3) is 0.533. The van der Waals surface area contributed by atoms with E-state index in [0.29, 0.717) is 12.2 Å². The van der Waals surface area contributed by atoms with E-state index < -0.39 is 5.97 Å². The smallest absolute Gasteiger partial charge is 0.303 e. The molecule has 0 saturated heterocycles. The standard InChI is InChI=1S/C15H22O4/c1-15(2,3)11-9-12(18-4)10(6-7-14(16)17)8-13(11)19-5/h8-9H,6-7H2,1-5H3,(H,16,17). The molecular formula is C15H22O4. The van der Waals surface area contributed by atoms with Crippen LogP contribution in [0.4, 0.5) is 0 Å². The third-order valence-corrected chi connectivity index (χ3v) is 3.02. The summed E-state index contributed by atoms with van der Waals surface area (Å²) >= 11 is 0. The van der Waals surface area contributed by atoms with E-state index in [1.165, 1.54) is 0 Å². The van der Waals surface area contributed by atoms with Gasteiger partial charge in [0.1, 0.15) is 11.5 Å². The van der Waals surface area contributed by atoms with Crippen LogP contribution >= 0.6 is 0 Å². The molecule has 106 valence electrons. The molecule has 0 aliphatic heterocycles. The van der Waals surface area contributed by atoms with Crippen LogP contribution in [0.15, 0.2) is 12.1 Å². The number of hydrogen-bond donors (Lipinski definition) is 1. The molecule has 4 nitrogen and oxygen atoms in total. The van der Waals surface area contributed by atoms with E-state index in [2.05, 4.69) is 20.8 Å². The molecule has 0 aliphatic carbocycles. The molecule has 19 heavy (non-hydrogen) atoms. The number of carbonyl (C=O) groups is 1. The molecule has 0 aromatic heterocycles. The van der Waals surface area contributed by atoms with E-state index in [9.17, 15) is 4.79 Å². The second-order valence-electron chi connectivity index (χ2n) is 5.51. The predicted octanol–water partition coefficient (Wildman–Crippen LogP) is 3.02. The van der Waals surface area contributed by atoms with Crippen LogP contribution in [0.2, 0.25) is 0 Å². The fourth-order valence-corrected chi connectivity index (χ4v) is 1.98. The topological polar surface area (TPSA) is 55.8 Å². The van der Waals surface area contributed by atoms with Gasteiger partial charge in [0.05, 0.1) is 14.2 Å². The molecule has 0 radical (unpaired) electrons. The number of carboxylic acids is 1. The summed E-state index contributed by atoms with van der Waals surface area (Å²) in [5.74, 6) is 0.668.